The molecule has 29 heavy (non-hydrogen) atoms. The van der Waals surface area contributed by atoms with E-state index < -0.39 is 6.10 Å². The van der Waals surface area contributed by atoms with E-state index in [-0.39, 0.29) is 6.04 Å². The third kappa shape index (κ3) is 3.05. The molecule has 0 unspecified atom stereocenters. The Balaban J connectivity index is 1.48. The number of benzene rings is 1. The molecule has 1 fully saturated rings. The first-order valence-corrected chi connectivity index (χ1v) is 10.3. The highest BCUT2D eigenvalue weighted by Crippen LogP contribution is 2.36. The van der Waals surface area contributed by atoms with Gasteiger partial charge in [0.05, 0.1) is 23.4 Å². The second-order valence-corrected chi connectivity index (χ2v) is 8.59. The lowest BCUT2D eigenvalue weighted by atomic mass is 9.90. The Morgan fingerprint density at radius 1 is 1.14 bits per heavy atom. The maximum atomic E-state index is 10.0. The lowest BCUT2D eigenvalue weighted by Gasteiger charge is -2.36. The second-order valence-electron chi connectivity index (χ2n) is 8.59. The molecule has 3 N–H and O–H groups in total. The summed E-state index contributed by atoms with van der Waals surface area (Å²) in [5, 5.41) is 15.5. The van der Waals surface area contributed by atoms with Crippen molar-refractivity contribution in [3.05, 3.63) is 47.3 Å². The van der Waals surface area contributed by atoms with Crippen LogP contribution in [0.1, 0.15) is 29.7 Å². The molecule has 0 amide bonds. The number of aryl methyl sites for hydroxylation is 2. The number of aromatic nitrogens is 3. The first-order valence-electron chi connectivity index (χ1n) is 10.3. The molecule has 2 aliphatic rings. The van der Waals surface area contributed by atoms with Crippen LogP contribution >= 0.6 is 0 Å². The molecule has 0 bridgehead atoms. The zero-order valence-corrected chi connectivity index (χ0v) is 17.2. The van der Waals surface area contributed by atoms with Crippen LogP contribution in [0.2, 0.25) is 0 Å². The number of hydrogen-bond acceptors (Lipinski definition) is 6. The minimum Gasteiger partial charge on any atom is -0.390 e. The zero-order valence-electron chi connectivity index (χ0n) is 17.2. The number of β-amino-alcohol motifs (C(OH)–C–C–N with tert-alkyl or cyclic N) is 1. The molecular formula is C22H28N6O. The van der Waals surface area contributed by atoms with E-state index in [4.69, 9.17) is 5.73 Å². The summed E-state index contributed by atoms with van der Waals surface area (Å²) in [6.07, 6.45) is 1.47. The molecule has 1 aromatic carbocycles. The Bertz CT molecular complexity index is 1070. The molecule has 7 heteroatoms. The quantitative estimate of drug-likeness (QED) is 0.693. The van der Waals surface area contributed by atoms with Crippen molar-refractivity contribution in [2.24, 2.45) is 12.8 Å². The Morgan fingerprint density at radius 2 is 1.97 bits per heavy atom. The number of anilines is 2. The fraction of sp³-hybridized carbons (Fsp3) is 0.455. The van der Waals surface area contributed by atoms with Crippen LogP contribution in [-0.4, -0.2) is 51.7 Å². The first kappa shape index (κ1) is 18.4. The standard InChI is InChI=1S/C22H28N6O/c1-13-9-28(20-6-14(2)25-22-18(20)8-24-26(22)3)10-15-4-5-16(7-17(13)15)27-11-19(23)21(29)12-27/h4-8,13,19,21,29H,9-12,23H2,1-3H3/t13-,19+,21+/m0/s1. The third-order valence-electron chi connectivity index (χ3n) is 6.37. The molecular weight excluding hydrogens is 364 g/mol. The topological polar surface area (TPSA) is 83.4 Å². The van der Waals surface area contributed by atoms with E-state index in [0.717, 1.165) is 35.5 Å². The van der Waals surface area contributed by atoms with Gasteiger partial charge in [-0.1, -0.05) is 13.0 Å². The van der Waals surface area contributed by atoms with Crippen molar-refractivity contribution in [3.63, 3.8) is 0 Å². The number of fused-ring (bicyclic) bond motifs is 2. The SMILES string of the molecule is Cc1cc(N2Cc3ccc(N4C[C@@H](N)[C@H](O)C4)cc3[C@@H](C)C2)c2cnn(C)c2n1. The predicted molar refractivity (Wildman–Crippen MR) is 115 cm³/mol. The smallest absolute Gasteiger partial charge is 0.159 e. The monoisotopic (exact) mass is 392 g/mol. The zero-order chi connectivity index (χ0) is 20.3. The fourth-order valence-corrected chi connectivity index (χ4v) is 4.77. The van der Waals surface area contributed by atoms with Crippen LogP contribution in [0.3, 0.4) is 0 Å². The van der Waals surface area contributed by atoms with Gasteiger partial charge in [0, 0.05) is 50.6 Å². The van der Waals surface area contributed by atoms with Gasteiger partial charge in [0.25, 0.3) is 0 Å². The molecule has 2 aliphatic heterocycles. The molecule has 1 saturated heterocycles. The van der Waals surface area contributed by atoms with E-state index >= 15 is 0 Å². The van der Waals surface area contributed by atoms with Gasteiger partial charge in [-0.2, -0.15) is 5.10 Å². The average molecular weight is 393 g/mol. The van der Waals surface area contributed by atoms with Crippen molar-refractivity contribution in [2.45, 2.75) is 38.5 Å². The number of nitrogens with two attached hydrogens (primary N) is 1. The number of hydrogen-bond donors (Lipinski definition) is 2. The summed E-state index contributed by atoms with van der Waals surface area (Å²) in [4.78, 5) is 9.30. The molecule has 0 aliphatic carbocycles. The van der Waals surface area contributed by atoms with Gasteiger partial charge in [-0.3, -0.25) is 4.68 Å². The maximum Gasteiger partial charge on any atom is 0.159 e. The number of rotatable bonds is 2. The highest BCUT2D eigenvalue weighted by molar-refractivity contribution is 5.89. The summed E-state index contributed by atoms with van der Waals surface area (Å²) in [5.74, 6) is 0.403. The molecule has 0 saturated carbocycles. The van der Waals surface area contributed by atoms with E-state index in [2.05, 4.69) is 51.1 Å². The fourth-order valence-electron chi connectivity index (χ4n) is 4.77. The van der Waals surface area contributed by atoms with Crippen LogP contribution < -0.4 is 15.5 Å². The van der Waals surface area contributed by atoms with Gasteiger partial charge in [-0.15, -0.1) is 0 Å². The van der Waals surface area contributed by atoms with Gasteiger partial charge in [-0.05, 0) is 42.2 Å². The maximum absolute atomic E-state index is 10.0. The van der Waals surface area contributed by atoms with Gasteiger partial charge in [-0.25, -0.2) is 4.98 Å². The minimum absolute atomic E-state index is 0.171. The normalized spacial score (nSPS) is 24.4. The molecule has 3 atom stereocenters. The van der Waals surface area contributed by atoms with Crippen LogP contribution in [0.15, 0.2) is 30.5 Å². The van der Waals surface area contributed by atoms with E-state index in [9.17, 15) is 5.11 Å². The average Bonchev–Trinajstić information content (AvgIpc) is 3.23. The third-order valence-corrected chi connectivity index (χ3v) is 6.37. The number of pyridine rings is 1. The lowest BCUT2D eigenvalue weighted by Crippen LogP contribution is -2.33. The van der Waals surface area contributed by atoms with Gasteiger partial charge in [0.15, 0.2) is 5.65 Å². The Morgan fingerprint density at radius 3 is 2.72 bits per heavy atom. The summed E-state index contributed by atoms with van der Waals surface area (Å²) < 4.78 is 1.84. The largest absolute Gasteiger partial charge is 0.390 e. The lowest BCUT2D eigenvalue weighted by molar-refractivity contribution is 0.180. The van der Waals surface area contributed by atoms with E-state index in [1.807, 2.05) is 24.9 Å². The van der Waals surface area contributed by atoms with Crippen molar-refractivity contribution in [1.29, 1.82) is 0 Å². The van der Waals surface area contributed by atoms with Gasteiger partial charge < -0.3 is 20.6 Å². The highest BCUT2D eigenvalue weighted by Gasteiger charge is 2.30. The molecule has 0 radical (unpaired) electrons. The molecule has 7 nitrogen and oxygen atoms in total. The van der Waals surface area contributed by atoms with Gasteiger partial charge >= 0.3 is 0 Å². The second kappa shape index (κ2) is 6.71. The summed E-state index contributed by atoms with van der Waals surface area (Å²) in [5.41, 5.74) is 13.0. The highest BCUT2D eigenvalue weighted by atomic mass is 16.3. The van der Waals surface area contributed by atoms with Crippen molar-refractivity contribution in [3.8, 4) is 0 Å². The Kier molecular flexibility index (Phi) is 4.26. The molecule has 0 spiro atoms. The van der Waals surface area contributed by atoms with Crippen LogP contribution in [-0.2, 0) is 13.6 Å². The van der Waals surface area contributed by atoms with Crippen molar-refractivity contribution >= 4 is 22.4 Å². The Hall–Kier alpha value is -2.64. The molecule has 152 valence electrons. The summed E-state index contributed by atoms with van der Waals surface area (Å²) in [7, 11) is 1.94. The first-order chi connectivity index (χ1) is 13.9. The summed E-state index contributed by atoms with van der Waals surface area (Å²) in [6, 6.07) is 8.69. The molecule has 3 aromatic rings. The van der Waals surface area contributed by atoms with Crippen LogP contribution in [0, 0.1) is 6.92 Å². The van der Waals surface area contributed by atoms with Crippen LogP contribution in [0.25, 0.3) is 11.0 Å². The number of aliphatic hydroxyl groups excluding tert-OH is 1. The van der Waals surface area contributed by atoms with Crippen LogP contribution in [0.4, 0.5) is 11.4 Å². The Labute approximate surface area is 170 Å². The van der Waals surface area contributed by atoms with Gasteiger partial charge in [0.1, 0.15) is 0 Å². The van der Waals surface area contributed by atoms with E-state index in [1.165, 1.54) is 16.8 Å². The minimum atomic E-state index is -0.448. The van der Waals surface area contributed by atoms with E-state index in [0.29, 0.717) is 19.0 Å². The summed E-state index contributed by atoms with van der Waals surface area (Å²) in [6.45, 7) is 7.46. The van der Waals surface area contributed by atoms with Crippen molar-refractivity contribution in [1.82, 2.24) is 14.8 Å². The number of nitrogens with zero attached hydrogens (tertiary/aromatic N) is 5. The predicted octanol–water partition coefficient (Wildman–Crippen LogP) is 1.91. The summed E-state index contributed by atoms with van der Waals surface area (Å²) >= 11 is 0. The molecule has 4 heterocycles. The van der Waals surface area contributed by atoms with Crippen LogP contribution in [0.5, 0.6) is 0 Å². The molecule has 5 rings (SSSR count). The van der Waals surface area contributed by atoms with E-state index in [1.54, 1.807) is 0 Å². The van der Waals surface area contributed by atoms with Crippen molar-refractivity contribution in [2.75, 3.05) is 29.4 Å². The molecule has 2 aromatic heterocycles. The van der Waals surface area contributed by atoms with Crippen molar-refractivity contribution < 1.29 is 5.11 Å². The van der Waals surface area contributed by atoms with Gasteiger partial charge in [0.2, 0.25) is 0 Å². The number of aliphatic hydroxyl groups is 1.